The number of benzene rings is 4. The fourth-order valence-corrected chi connectivity index (χ4v) is 11.1. The zero-order chi connectivity index (χ0) is 48.3. The standard InChI is InChI=1S/C59H67N7O2S2/c1-63(40-20-38-61-57(68)32-6-4-16-42-66-43-35-46(49-24-7-10-27-52(49)66)21-17-33-58-62-51-26-9-13-30-55(51)69-58)39-19-37-60-45-48(67)23-5-3-15-41-65-44-36-47(50-25-8-11-28-53(50)65)22-18-34-59-64(2)54-29-12-14-31-56(54)70-59/h7-14,17-18,21-22,24-31,33-36,43-44,60H,3-6,15-16,19-20,23,32,37-42,45H2,1-2H3/p+2. The number of nitrogens with one attached hydrogen (secondary N) is 3. The first-order valence-electron chi connectivity index (χ1n) is 25.2. The molecule has 0 fully saturated rings. The number of pyridine rings is 2. The van der Waals surface area contributed by atoms with Crippen LogP contribution >= 0.6 is 23.5 Å². The highest BCUT2D eigenvalue weighted by Gasteiger charge is 2.21. The van der Waals surface area contributed by atoms with Gasteiger partial charge >= 0.3 is 0 Å². The second kappa shape index (κ2) is 26.3. The Bertz CT molecular complexity index is 2830. The van der Waals surface area contributed by atoms with Crippen LogP contribution in [0, 0.1) is 0 Å². The Morgan fingerprint density at radius 3 is 1.93 bits per heavy atom. The van der Waals surface area contributed by atoms with Gasteiger partial charge in [0.15, 0.2) is 12.4 Å². The van der Waals surface area contributed by atoms with E-state index in [1.54, 1.807) is 11.8 Å². The van der Waals surface area contributed by atoms with E-state index in [4.69, 9.17) is 0 Å². The van der Waals surface area contributed by atoms with Gasteiger partial charge in [-0.15, -0.1) is 0 Å². The van der Waals surface area contributed by atoms with E-state index in [0.717, 1.165) is 89.1 Å². The van der Waals surface area contributed by atoms with Crippen LogP contribution < -0.4 is 30.0 Å². The Labute approximate surface area is 423 Å². The van der Waals surface area contributed by atoms with Crippen LogP contribution in [0.15, 0.2) is 166 Å². The number of anilines is 2. The van der Waals surface area contributed by atoms with Crippen LogP contribution in [0.3, 0.4) is 0 Å². The minimum absolute atomic E-state index is 0.144. The number of hydrogen-bond donors (Lipinski definition) is 3. The first kappa shape index (κ1) is 50.4. The van der Waals surface area contributed by atoms with Crippen molar-refractivity contribution in [2.24, 2.45) is 0 Å². The molecule has 11 heteroatoms. The fourth-order valence-electron chi connectivity index (χ4n) is 9.14. The average Bonchev–Trinajstić information content (AvgIpc) is 3.95. The molecule has 1 amide bonds. The Morgan fingerprint density at radius 1 is 0.643 bits per heavy atom. The monoisotopic (exact) mass is 971 g/mol. The summed E-state index contributed by atoms with van der Waals surface area (Å²) in [6.45, 7) is 5.72. The molecule has 70 heavy (non-hydrogen) atoms. The Morgan fingerprint density at radius 2 is 1.24 bits per heavy atom. The molecule has 2 aromatic heterocycles. The number of carbonyl (C=O) groups is 2. The molecule has 9 nitrogen and oxygen atoms in total. The van der Waals surface area contributed by atoms with Gasteiger partial charge in [-0.25, -0.2) is 0 Å². The van der Waals surface area contributed by atoms with Gasteiger partial charge in [0, 0.05) is 73.3 Å². The molecule has 8 rings (SSSR count). The number of nitrogens with zero attached hydrogens (tertiary/aromatic N) is 4. The van der Waals surface area contributed by atoms with Crippen LogP contribution in [0.2, 0.25) is 0 Å². The maximum absolute atomic E-state index is 12.6. The van der Waals surface area contributed by atoms with E-state index < -0.39 is 0 Å². The van der Waals surface area contributed by atoms with E-state index in [2.05, 4.69) is 207 Å². The molecule has 6 aromatic rings. The molecule has 0 radical (unpaired) electrons. The number of aryl methyl sites for hydroxylation is 2. The molecule has 2 aliphatic rings. The van der Waals surface area contributed by atoms with E-state index in [9.17, 15) is 9.59 Å². The summed E-state index contributed by atoms with van der Waals surface area (Å²) < 4.78 is 4.68. The minimum atomic E-state index is 0.144. The lowest BCUT2D eigenvalue weighted by atomic mass is 10.1. The molecule has 4 aromatic carbocycles. The van der Waals surface area contributed by atoms with Gasteiger partial charge in [0.05, 0.1) is 38.8 Å². The summed E-state index contributed by atoms with van der Waals surface area (Å²) in [6, 6.07) is 38.5. The van der Waals surface area contributed by atoms with E-state index in [1.807, 2.05) is 11.8 Å². The van der Waals surface area contributed by atoms with Crippen LogP contribution in [0.4, 0.5) is 11.4 Å². The van der Waals surface area contributed by atoms with Crippen molar-refractivity contribution in [1.29, 1.82) is 0 Å². The lowest BCUT2D eigenvalue weighted by Gasteiger charge is -2.16. The van der Waals surface area contributed by atoms with E-state index >= 15 is 0 Å². The highest BCUT2D eigenvalue weighted by Crippen LogP contribution is 2.44. The van der Waals surface area contributed by atoms with Gasteiger partial charge in [-0.1, -0.05) is 96.4 Å². The van der Waals surface area contributed by atoms with Crippen molar-refractivity contribution in [3.05, 3.63) is 167 Å². The fraction of sp³-hybridized carbons (Fsp3) is 0.322. The van der Waals surface area contributed by atoms with Crippen molar-refractivity contribution in [2.75, 3.05) is 57.0 Å². The number of unbranched alkanes of at least 4 members (excludes halogenated alkanes) is 4. The SMILES string of the molecule is CN(CCCNCC(=O)CCCCC[n+]1ccc(C=CC=C2Sc3ccccc3N2C)c2ccccc21)CCCNC(=O)CCCCC[n+]1ccc(C=CC=C2Nc3ccccc3S2)c2ccccc21. The first-order valence-corrected chi connectivity index (χ1v) is 26.8. The summed E-state index contributed by atoms with van der Waals surface area (Å²) >= 11 is 3.57. The van der Waals surface area contributed by atoms with Gasteiger partial charge in [0.2, 0.25) is 16.9 Å². The number of rotatable bonds is 26. The number of aromatic nitrogens is 2. The third-order valence-corrected chi connectivity index (χ3v) is 15.2. The van der Waals surface area contributed by atoms with Crippen molar-refractivity contribution >= 4 is 80.5 Å². The summed E-state index contributed by atoms with van der Waals surface area (Å²) in [6.07, 6.45) is 26.4. The van der Waals surface area contributed by atoms with Gasteiger partial charge in [0.1, 0.15) is 18.9 Å². The third-order valence-electron chi connectivity index (χ3n) is 13.0. The lowest BCUT2D eigenvalue weighted by Crippen LogP contribution is -2.34. The number of allylic oxidation sites excluding steroid dienone is 4. The largest absolute Gasteiger partial charge is 0.356 e. The molecule has 0 unspecified atom stereocenters. The number of ketones is 1. The van der Waals surface area contributed by atoms with Crippen LogP contribution in [0.5, 0.6) is 0 Å². The quantitative estimate of drug-likeness (QED) is 0.0366. The summed E-state index contributed by atoms with van der Waals surface area (Å²) in [4.78, 5) is 32.3. The molecule has 0 bridgehead atoms. The zero-order valence-corrected chi connectivity index (χ0v) is 42.6. The van der Waals surface area contributed by atoms with Crippen LogP contribution in [0.25, 0.3) is 34.0 Å². The Hall–Kier alpha value is -5.98. The summed E-state index contributed by atoms with van der Waals surface area (Å²) in [5.41, 5.74) is 7.29. The predicted molar refractivity (Wildman–Crippen MR) is 294 cm³/mol. The third kappa shape index (κ3) is 14.3. The molecule has 0 atom stereocenters. The number of Topliss-reactive ketones (excluding diaryl/α,β-unsaturated/α-hetero) is 1. The molecule has 4 heterocycles. The van der Waals surface area contributed by atoms with Crippen molar-refractivity contribution in [3.8, 4) is 0 Å². The molecule has 0 saturated heterocycles. The Kier molecular flexibility index (Phi) is 18.9. The number of para-hydroxylation sites is 4. The highest BCUT2D eigenvalue weighted by molar-refractivity contribution is 8.04. The van der Waals surface area contributed by atoms with Crippen LogP contribution in [0.1, 0.15) is 75.3 Å². The number of fused-ring (bicyclic) bond motifs is 4. The first-order chi connectivity index (χ1) is 34.4. The van der Waals surface area contributed by atoms with Crippen molar-refractivity contribution in [1.82, 2.24) is 15.5 Å². The molecule has 3 N–H and O–H groups in total. The van der Waals surface area contributed by atoms with E-state index in [1.165, 1.54) is 59.1 Å². The maximum atomic E-state index is 12.6. The van der Waals surface area contributed by atoms with E-state index in [-0.39, 0.29) is 5.91 Å². The maximum Gasteiger partial charge on any atom is 0.219 e. The lowest BCUT2D eigenvalue weighted by molar-refractivity contribution is -0.672. The van der Waals surface area contributed by atoms with Gasteiger partial charge in [-0.05, 0) is 125 Å². The average molecular weight is 972 g/mol. The molecule has 362 valence electrons. The number of amides is 1. The molecular formula is C59H69N7O2S2+2. The minimum Gasteiger partial charge on any atom is -0.356 e. The highest BCUT2D eigenvalue weighted by atomic mass is 32.2. The summed E-state index contributed by atoms with van der Waals surface area (Å²) in [7, 11) is 4.25. The topological polar surface area (TPSA) is 84.5 Å². The van der Waals surface area contributed by atoms with Gasteiger partial charge in [-0.2, -0.15) is 9.13 Å². The van der Waals surface area contributed by atoms with E-state index in [0.29, 0.717) is 31.7 Å². The van der Waals surface area contributed by atoms with Crippen molar-refractivity contribution in [2.45, 2.75) is 87.1 Å². The van der Waals surface area contributed by atoms with Gasteiger partial charge in [0.25, 0.3) is 0 Å². The van der Waals surface area contributed by atoms with Gasteiger partial charge in [-0.3, -0.25) is 9.59 Å². The molecular weight excluding hydrogens is 903 g/mol. The Balaban J connectivity index is 0.628. The number of hydrogen-bond acceptors (Lipinski definition) is 8. The second-order valence-electron chi connectivity index (χ2n) is 18.3. The summed E-state index contributed by atoms with van der Waals surface area (Å²) in [5.74, 6) is 0.434. The smallest absolute Gasteiger partial charge is 0.219 e. The number of carbonyl (C=O) groups excluding carboxylic acids is 2. The molecule has 0 aliphatic carbocycles. The summed E-state index contributed by atoms with van der Waals surface area (Å²) in [5, 5.41) is 14.8. The predicted octanol–water partition coefficient (Wildman–Crippen LogP) is 11.5. The van der Waals surface area contributed by atoms with Crippen molar-refractivity contribution in [3.63, 3.8) is 0 Å². The van der Waals surface area contributed by atoms with Crippen molar-refractivity contribution < 1.29 is 18.7 Å². The molecule has 0 spiro atoms. The molecule has 2 aliphatic heterocycles. The van der Waals surface area contributed by atoms with Gasteiger partial charge < -0.3 is 25.8 Å². The zero-order valence-electron chi connectivity index (χ0n) is 41.0. The second-order valence-corrected chi connectivity index (χ2v) is 20.4. The molecule has 0 saturated carbocycles. The van der Waals surface area contributed by atoms with Crippen LogP contribution in [-0.2, 0) is 22.7 Å². The number of thioether (sulfide) groups is 2. The normalized spacial score (nSPS) is 14.5. The van der Waals surface area contributed by atoms with Crippen LogP contribution in [-0.4, -0.2) is 63.4 Å².